The molecular weight excluding hydrogens is 168 g/mol. The third-order valence-electron chi connectivity index (χ3n) is 1.08. The molecule has 0 saturated carbocycles. The van der Waals surface area contributed by atoms with Crippen molar-refractivity contribution in [1.29, 1.82) is 0 Å². The zero-order valence-corrected chi connectivity index (χ0v) is 7.14. The minimum Gasteiger partial charge on any atom is -0.399 e. The van der Waals surface area contributed by atoms with E-state index in [-0.39, 0.29) is 5.76 Å². The molecule has 0 atom stereocenters. The van der Waals surface area contributed by atoms with Gasteiger partial charge in [-0.25, -0.2) is 0 Å². The Morgan fingerprint density at radius 1 is 1.55 bits per heavy atom. The molecule has 5 nitrogen and oxygen atoms in total. The van der Waals surface area contributed by atoms with Crippen molar-refractivity contribution < 1.29 is 12.6 Å². The van der Waals surface area contributed by atoms with Gasteiger partial charge in [0.25, 0.3) is 11.0 Å². The second-order valence-electron chi connectivity index (χ2n) is 1.93. The van der Waals surface area contributed by atoms with Gasteiger partial charge >= 0.3 is 0 Å². The van der Waals surface area contributed by atoms with Crippen LogP contribution in [0, 0.1) is 0 Å². The first kappa shape index (κ1) is 10.2. The Morgan fingerprint density at radius 2 is 2.09 bits per heavy atom. The lowest BCUT2D eigenvalue weighted by atomic mass is 10.3. The van der Waals surface area contributed by atoms with Gasteiger partial charge in [0.1, 0.15) is 5.76 Å². The molecule has 0 aliphatic heterocycles. The molecule has 0 amide bonds. The van der Waals surface area contributed by atoms with Crippen LogP contribution in [0.15, 0.2) is 11.5 Å². The molecular formula is C5H12N2O3S. The summed E-state index contributed by atoms with van der Waals surface area (Å²) in [6, 6.07) is 0. The summed E-state index contributed by atoms with van der Waals surface area (Å²) in [5.41, 5.74) is 10.9. The maximum atomic E-state index is 10.0. The lowest BCUT2D eigenvalue weighted by molar-refractivity contribution is 0.420. The smallest absolute Gasteiger partial charge is 0.298 e. The first-order valence-electron chi connectivity index (χ1n) is 3.05. The summed E-state index contributed by atoms with van der Waals surface area (Å²) in [4.78, 5) is 0. The van der Waals surface area contributed by atoms with Gasteiger partial charge in [-0.2, -0.15) is 8.42 Å². The van der Waals surface area contributed by atoms with E-state index in [1.54, 1.807) is 0 Å². The largest absolute Gasteiger partial charge is 0.399 e. The fourth-order valence-corrected chi connectivity index (χ4v) is 0.843. The number of hydrogen-bond acceptors (Lipinski definition) is 5. The second-order valence-corrected chi connectivity index (χ2v) is 2.56. The standard InChI is InChI=1S/C5H12N2O3S/c1-4(10-11(8)9)5(7)2-3-6/h11H,2-3,6-7H2,1H3. The first-order chi connectivity index (χ1) is 5.07. The van der Waals surface area contributed by atoms with Crippen LogP contribution in [0.4, 0.5) is 0 Å². The van der Waals surface area contributed by atoms with Gasteiger partial charge in [0.05, 0.1) is 0 Å². The van der Waals surface area contributed by atoms with Gasteiger partial charge < -0.3 is 15.7 Å². The quantitative estimate of drug-likeness (QED) is 0.383. The molecule has 0 rings (SSSR count). The van der Waals surface area contributed by atoms with Crippen LogP contribution in [0.1, 0.15) is 13.3 Å². The Labute approximate surface area is 67.2 Å². The number of thiol groups is 1. The maximum absolute atomic E-state index is 10.0. The van der Waals surface area contributed by atoms with E-state index in [1.165, 1.54) is 6.92 Å². The van der Waals surface area contributed by atoms with Crippen LogP contribution in [-0.4, -0.2) is 15.0 Å². The van der Waals surface area contributed by atoms with Crippen molar-refractivity contribution in [3.63, 3.8) is 0 Å². The first-order valence-corrected chi connectivity index (χ1v) is 4.15. The van der Waals surface area contributed by atoms with Crippen LogP contribution in [0.25, 0.3) is 0 Å². The van der Waals surface area contributed by atoms with E-state index in [4.69, 9.17) is 11.5 Å². The molecule has 0 saturated heterocycles. The fourth-order valence-electron chi connectivity index (χ4n) is 0.502. The van der Waals surface area contributed by atoms with Gasteiger partial charge in [-0.1, -0.05) is 0 Å². The van der Waals surface area contributed by atoms with E-state index >= 15 is 0 Å². The Hall–Kier alpha value is -0.750. The van der Waals surface area contributed by atoms with Crippen molar-refractivity contribution in [3.8, 4) is 0 Å². The summed E-state index contributed by atoms with van der Waals surface area (Å²) in [6.07, 6.45) is 0.439. The number of hydrogen-bond donors (Lipinski definition) is 3. The minimum atomic E-state index is -2.86. The molecule has 0 aromatic rings. The molecule has 0 aliphatic carbocycles. The van der Waals surface area contributed by atoms with E-state index in [0.717, 1.165) is 0 Å². The van der Waals surface area contributed by atoms with Gasteiger partial charge in [0, 0.05) is 12.1 Å². The Bertz CT molecular complexity index is 214. The summed E-state index contributed by atoms with van der Waals surface area (Å²) >= 11 is 0. The number of rotatable bonds is 4. The van der Waals surface area contributed by atoms with Crippen LogP contribution >= 0.6 is 0 Å². The molecule has 0 bridgehead atoms. The van der Waals surface area contributed by atoms with Crippen molar-refractivity contribution in [2.75, 3.05) is 6.54 Å². The molecule has 11 heavy (non-hydrogen) atoms. The lowest BCUT2D eigenvalue weighted by Crippen LogP contribution is -2.09. The van der Waals surface area contributed by atoms with E-state index < -0.39 is 11.0 Å². The Balaban J connectivity index is 4.15. The van der Waals surface area contributed by atoms with Crippen LogP contribution < -0.4 is 11.5 Å². The summed E-state index contributed by atoms with van der Waals surface area (Å²) in [5, 5.41) is 0. The third kappa shape index (κ3) is 4.63. The van der Waals surface area contributed by atoms with E-state index in [9.17, 15) is 8.42 Å². The number of allylic oxidation sites excluding steroid dienone is 1. The predicted molar refractivity (Wildman–Crippen MR) is 42.0 cm³/mol. The van der Waals surface area contributed by atoms with E-state index in [1.807, 2.05) is 0 Å². The fraction of sp³-hybridized carbons (Fsp3) is 0.600. The molecule has 0 unspecified atom stereocenters. The molecule has 0 spiro atoms. The monoisotopic (exact) mass is 180 g/mol. The second kappa shape index (κ2) is 4.97. The van der Waals surface area contributed by atoms with Crippen LogP contribution in [-0.2, 0) is 15.2 Å². The van der Waals surface area contributed by atoms with Crippen LogP contribution in [0.3, 0.4) is 0 Å². The van der Waals surface area contributed by atoms with Gasteiger partial charge in [-0.3, -0.25) is 0 Å². The van der Waals surface area contributed by atoms with Crippen molar-refractivity contribution in [2.45, 2.75) is 13.3 Å². The zero-order chi connectivity index (χ0) is 8.85. The molecule has 0 fully saturated rings. The molecule has 0 heterocycles. The van der Waals surface area contributed by atoms with Crippen molar-refractivity contribution in [1.82, 2.24) is 0 Å². The molecule has 0 aromatic carbocycles. The molecule has 0 aromatic heterocycles. The highest BCUT2D eigenvalue weighted by atomic mass is 32.2. The molecule has 0 aliphatic rings. The summed E-state index contributed by atoms with van der Waals surface area (Å²) in [7, 11) is -2.86. The molecule has 6 heteroatoms. The molecule has 4 N–H and O–H groups in total. The Morgan fingerprint density at radius 3 is 2.45 bits per heavy atom. The maximum Gasteiger partial charge on any atom is 0.298 e. The normalized spacial score (nSPS) is 13.0. The molecule has 66 valence electrons. The highest BCUT2D eigenvalue weighted by Gasteiger charge is 1.98. The highest BCUT2D eigenvalue weighted by Crippen LogP contribution is 2.02. The Kier molecular flexibility index (Phi) is 4.64. The molecule has 0 radical (unpaired) electrons. The average molecular weight is 180 g/mol. The van der Waals surface area contributed by atoms with Gasteiger partial charge in [-0.05, 0) is 13.5 Å². The average Bonchev–Trinajstić information content (AvgIpc) is 1.86. The van der Waals surface area contributed by atoms with Crippen molar-refractivity contribution >= 4 is 11.0 Å². The van der Waals surface area contributed by atoms with Crippen LogP contribution in [0.2, 0.25) is 0 Å². The summed E-state index contributed by atoms with van der Waals surface area (Å²) in [5.74, 6) is 0.201. The van der Waals surface area contributed by atoms with Crippen LogP contribution in [0.5, 0.6) is 0 Å². The van der Waals surface area contributed by atoms with Gasteiger partial charge in [-0.15, -0.1) is 0 Å². The predicted octanol–water partition coefficient (Wildman–Crippen LogP) is -0.932. The highest BCUT2D eigenvalue weighted by molar-refractivity contribution is 7.67. The van der Waals surface area contributed by atoms with Gasteiger partial charge in [0.15, 0.2) is 0 Å². The van der Waals surface area contributed by atoms with Crippen molar-refractivity contribution in [3.05, 3.63) is 11.5 Å². The van der Waals surface area contributed by atoms with Gasteiger partial charge in [0.2, 0.25) is 0 Å². The van der Waals surface area contributed by atoms with E-state index in [2.05, 4.69) is 4.18 Å². The third-order valence-corrected chi connectivity index (χ3v) is 1.50. The zero-order valence-electron chi connectivity index (χ0n) is 6.24. The summed E-state index contributed by atoms with van der Waals surface area (Å²) in [6.45, 7) is 1.86. The number of nitrogens with two attached hydrogens (primary N) is 2. The summed E-state index contributed by atoms with van der Waals surface area (Å²) < 4.78 is 24.3. The SMILES string of the molecule is CC(O[SH](=O)=O)=C(N)CCN. The minimum absolute atomic E-state index is 0.201. The van der Waals surface area contributed by atoms with Crippen molar-refractivity contribution in [2.24, 2.45) is 11.5 Å². The lowest BCUT2D eigenvalue weighted by Gasteiger charge is -2.02. The van der Waals surface area contributed by atoms with E-state index in [0.29, 0.717) is 18.7 Å². The topological polar surface area (TPSA) is 95.4 Å².